The number of aromatic nitrogens is 1. The summed E-state index contributed by atoms with van der Waals surface area (Å²) in [5, 5.41) is 0. The summed E-state index contributed by atoms with van der Waals surface area (Å²) >= 11 is 0. The van der Waals surface area contributed by atoms with Crippen molar-refractivity contribution in [3.8, 4) is 5.75 Å². The first-order valence-electron chi connectivity index (χ1n) is 6.45. The Morgan fingerprint density at radius 1 is 1.20 bits per heavy atom. The lowest BCUT2D eigenvalue weighted by Gasteiger charge is -2.09. The molecule has 0 atom stereocenters. The highest BCUT2D eigenvalue weighted by Crippen LogP contribution is 2.07. The molecule has 2 N–H and O–H groups in total. The maximum Gasteiger partial charge on any atom is 0.293 e. The van der Waals surface area contributed by atoms with E-state index in [1.165, 1.54) is 0 Å². The van der Waals surface area contributed by atoms with E-state index in [-0.39, 0.29) is 5.56 Å². The van der Waals surface area contributed by atoms with Gasteiger partial charge in [0.25, 0.3) is 5.56 Å². The summed E-state index contributed by atoms with van der Waals surface area (Å²) in [6.45, 7) is 4.92. The molecule has 0 aliphatic rings. The Morgan fingerprint density at radius 2 is 1.90 bits per heavy atom. The van der Waals surface area contributed by atoms with E-state index in [0.717, 1.165) is 11.1 Å². The predicted octanol–water partition coefficient (Wildman–Crippen LogP) is 1.92. The molecule has 0 radical (unpaired) electrons. The van der Waals surface area contributed by atoms with E-state index in [4.69, 9.17) is 10.5 Å². The van der Waals surface area contributed by atoms with Gasteiger partial charge in [-0.3, -0.25) is 4.79 Å². The van der Waals surface area contributed by atoms with Crippen LogP contribution in [-0.2, 0) is 13.1 Å². The van der Waals surface area contributed by atoms with E-state index in [9.17, 15) is 4.79 Å². The fourth-order valence-electron chi connectivity index (χ4n) is 1.88. The Balaban J connectivity index is 2.20. The first-order valence-corrected chi connectivity index (χ1v) is 6.45. The molecule has 4 heteroatoms. The van der Waals surface area contributed by atoms with E-state index < -0.39 is 0 Å². The van der Waals surface area contributed by atoms with Gasteiger partial charge in [0.1, 0.15) is 6.61 Å². The van der Waals surface area contributed by atoms with E-state index >= 15 is 0 Å². The van der Waals surface area contributed by atoms with Crippen molar-refractivity contribution in [1.82, 2.24) is 4.57 Å². The maximum atomic E-state index is 12.2. The summed E-state index contributed by atoms with van der Waals surface area (Å²) in [5.41, 5.74) is 7.54. The zero-order valence-corrected chi connectivity index (χ0v) is 11.3. The Labute approximate surface area is 118 Å². The average Bonchev–Trinajstić information content (AvgIpc) is 2.49. The van der Waals surface area contributed by atoms with Gasteiger partial charge in [0, 0.05) is 12.7 Å². The predicted molar refractivity (Wildman–Crippen MR) is 79.8 cm³/mol. The number of pyridine rings is 1. The number of hydrogen-bond acceptors (Lipinski definition) is 3. The summed E-state index contributed by atoms with van der Waals surface area (Å²) in [6.07, 6.45) is 3.36. The molecule has 0 bridgehead atoms. The van der Waals surface area contributed by atoms with Crippen LogP contribution in [0.25, 0.3) is 0 Å². The van der Waals surface area contributed by atoms with Crippen molar-refractivity contribution in [3.05, 3.63) is 76.7 Å². The highest BCUT2D eigenvalue weighted by molar-refractivity contribution is 5.24. The highest BCUT2D eigenvalue weighted by atomic mass is 16.5. The molecule has 2 rings (SSSR count). The number of benzene rings is 1. The third-order valence-corrected chi connectivity index (χ3v) is 2.95. The van der Waals surface area contributed by atoms with Gasteiger partial charge in [0.05, 0.1) is 6.54 Å². The first-order chi connectivity index (χ1) is 9.74. The minimum atomic E-state index is -0.141. The van der Waals surface area contributed by atoms with Crippen molar-refractivity contribution >= 4 is 0 Å². The zero-order chi connectivity index (χ0) is 14.4. The molecule has 2 aromatic rings. The number of hydrogen-bond donors (Lipinski definition) is 1. The molecule has 0 aliphatic carbocycles. The molecule has 20 heavy (non-hydrogen) atoms. The van der Waals surface area contributed by atoms with Crippen LogP contribution in [0, 0.1) is 0 Å². The minimum absolute atomic E-state index is 0.141. The normalized spacial score (nSPS) is 10.2. The van der Waals surface area contributed by atoms with Crippen LogP contribution >= 0.6 is 0 Å². The van der Waals surface area contributed by atoms with Crippen LogP contribution in [0.1, 0.15) is 11.1 Å². The lowest BCUT2D eigenvalue weighted by Crippen LogP contribution is -2.21. The van der Waals surface area contributed by atoms with Crippen LogP contribution in [0.15, 0.2) is 60.0 Å². The summed E-state index contributed by atoms with van der Waals surface area (Å²) in [5.74, 6) is 0.339. The van der Waals surface area contributed by atoms with Crippen molar-refractivity contribution in [2.24, 2.45) is 5.73 Å². The summed E-state index contributed by atoms with van der Waals surface area (Å²) in [4.78, 5) is 12.2. The van der Waals surface area contributed by atoms with Gasteiger partial charge < -0.3 is 15.0 Å². The maximum absolute atomic E-state index is 12.2. The molecule has 0 amide bonds. The van der Waals surface area contributed by atoms with Gasteiger partial charge in [0.2, 0.25) is 0 Å². The lowest BCUT2D eigenvalue weighted by atomic mass is 10.1. The SMILES string of the molecule is C=CCOc1cccn(Cc2ccc(CN)cc2)c1=O. The Bertz CT molecular complexity index is 630. The Hall–Kier alpha value is -2.33. The smallest absolute Gasteiger partial charge is 0.293 e. The number of nitrogens with two attached hydrogens (primary N) is 1. The molecule has 1 aromatic carbocycles. The molecule has 0 unspecified atom stereocenters. The molecular weight excluding hydrogens is 252 g/mol. The molecule has 0 saturated heterocycles. The van der Waals surface area contributed by atoms with Crippen molar-refractivity contribution < 1.29 is 4.74 Å². The molecule has 1 aromatic heterocycles. The quantitative estimate of drug-likeness (QED) is 0.816. The van der Waals surface area contributed by atoms with Gasteiger partial charge in [-0.05, 0) is 23.3 Å². The third kappa shape index (κ3) is 3.36. The van der Waals surface area contributed by atoms with Gasteiger partial charge in [-0.1, -0.05) is 36.9 Å². The van der Waals surface area contributed by atoms with Crippen LogP contribution in [0.5, 0.6) is 5.75 Å². The zero-order valence-electron chi connectivity index (χ0n) is 11.3. The second-order valence-electron chi connectivity index (χ2n) is 4.43. The summed E-state index contributed by atoms with van der Waals surface area (Å²) < 4.78 is 6.95. The topological polar surface area (TPSA) is 57.2 Å². The highest BCUT2D eigenvalue weighted by Gasteiger charge is 2.04. The fraction of sp³-hybridized carbons (Fsp3) is 0.188. The number of rotatable bonds is 6. The van der Waals surface area contributed by atoms with Crippen LogP contribution in [-0.4, -0.2) is 11.2 Å². The fourth-order valence-corrected chi connectivity index (χ4v) is 1.88. The van der Waals surface area contributed by atoms with Crippen molar-refractivity contribution in [3.63, 3.8) is 0 Å². The second kappa shape index (κ2) is 6.73. The Kier molecular flexibility index (Phi) is 4.74. The van der Waals surface area contributed by atoms with Gasteiger partial charge >= 0.3 is 0 Å². The van der Waals surface area contributed by atoms with E-state index in [1.807, 2.05) is 24.3 Å². The molecule has 0 aliphatic heterocycles. The van der Waals surface area contributed by atoms with E-state index in [0.29, 0.717) is 25.4 Å². The number of ether oxygens (including phenoxy) is 1. The monoisotopic (exact) mass is 270 g/mol. The minimum Gasteiger partial charge on any atom is -0.484 e. The standard InChI is InChI=1S/C16H18N2O2/c1-2-10-20-15-4-3-9-18(16(15)19)12-14-7-5-13(11-17)6-8-14/h2-9H,1,10-12,17H2. The molecule has 0 spiro atoms. The van der Waals surface area contributed by atoms with E-state index in [1.54, 1.807) is 29.0 Å². The van der Waals surface area contributed by atoms with Crippen LogP contribution in [0.2, 0.25) is 0 Å². The number of nitrogens with zero attached hydrogens (tertiary/aromatic N) is 1. The van der Waals surface area contributed by atoms with E-state index in [2.05, 4.69) is 6.58 Å². The largest absolute Gasteiger partial charge is 0.484 e. The first kappa shape index (κ1) is 14.1. The molecule has 4 nitrogen and oxygen atoms in total. The van der Waals surface area contributed by atoms with Crippen molar-refractivity contribution in [2.75, 3.05) is 6.61 Å². The van der Waals surface area contributed by atoms with Crippen molar-refractivity contribution in [1.29, 1.82) is 0 Å². The van der Waals surface area contributed by atoms with Crippen LogP contribution in [0.4, 0.5) is 0 Å². The summed E-state index contributed by atoms with van der Waals surface area (Å²) in [7, 11) is 0. The summed E-state index contributed by atoms with van der Waals surface area (Å²) in [6, 6.07) is 11.4. The second-order valence-corrected chi connectivity index (χ2v) is 4.43. The molecule has 1 heterocycles. The Morgan fingerprint density at radius 3 is 2.55 bits per heavy atom. The van der Waals surface area contributed by atoms with Crippen LogP contribution < -0.4 is 16.0 Å². The molecular formula is C16H18N2O2. The van der Waals surface area contributed by atoms with Gasteiger partial charge in [-0.2, -0.15) is 0 Å². The van der Waals surface area contributed by atoms with Gasteiger partial charge in [-0.15, -0.1) is 0 Å². The van der Waals surface area contributed by atoms with Crippen LogP contribution in [0.3, 0.4) is 0 Å². The van der Waals surface area contributed by atoms with Gasteiger partial charge in [-0.25, -0.2) is 0 Å². The average molecular weight is 270 g/mol. The molecule has 0 fully saturated rings. The lowest BCUT2D eigenvalue weighted by molar-refractivity contribution is 0.354. The third-order valence-electron chi connectivity index (χ3n) is 2.95. The molecule has 0 saturated carbocycles. The van der Waals surface area contributed by atoms with Crippen molar-refractivity contribution in [2.45, 2.75) is 13.1 Å². The molecule has 104 valence electrons. The van der Waals surface area contributed by atoms with Gasteiger partial charge in [0.15, 0.2) is 5.75 Å².